The van der Waals surface area contributed by atoms with Crippen LogP contribution in [-0.4, -0.2) is 56.7 Å². The van der Waals surface area contributed by atoms with E-state index in [-0.39, 0.29) is 5.91 Å². The molecule has 4 heterocycles. The van der Waals surface area contributed by atoms with E-state index in [0.29, 0.717) is 55.6 Å². The molecule has 0 unspecified atom stereocenters. The predicted molar refractivity (Wildman–Crippen MR) is 142 cm³/mol. The quantitative estimate of drug-likeness (QED) is 0.376. The Kier molecular flexibility index (Phi) is 6.31. The average Bonchev–Trinajstić information content (AvgIpc) is 3.41. The van der Waals surface area contributed by atoms with Crippen LogP contribution >= 0.6 is 0 Å². The van der Waals surface area contributed by atoms with Gasteiger partial charge in [-0.15, -0.1) is 5.10 Å². The van der Waals surface area contributed by atoms with Gasteiger partial charge in [-0.05, 0) is 23.3 Å². The summed E-state index contributed by atoms with van der Waals surface area (Å²) < 4.78 is 7.22. The Bertz CT molecular complexity index is 1530. The number of carbonyl (C=O) groups is 1. The number of aromatic nitrogens is 4. The summed E-state index contributed by atoms with van der Waals surface area (Å²) in [5.74, 6) is 1.14. The summed E-state index contributed by atoms with van der Waals surface area (Å²) in [4.78, 5) is 24.1. The van der Waals surface area contributed by atoms with Crippen LogP contribution in [0.3, 0.4) is 0 Å². The van der Waals surface area contributed by atoms with Crippen LogP contribution < -0.4 is 5.32 Å². The summed E-state index contributed by atoms with van der Waals surface area (Å²) in [7, 11) is 0. The van der Waals surface area contributed by atoms with Gasteiger partial charge in [-0.2, -0.15) is 0 Å². The molecule has 5 aromatic rings. The Hall–Kier alpha value is -4.56. The maximum absolute atomic E-state index is 13.1. The zero-order chi connectivity index (χ0) is 25.0. The highest BCUT2D eigenvalue weighted by atomic mass is 16.5. The van der Waals surface area contributed by atoms with Crippen LogP contribution in [-0.2, 0) is 11.3 Å². The fourth-order valence-corrected chi connectivity index (χ4v) is 4.53. The van der Waals surface area contributed by atoms with Gasteiger partial charge in [0.25, 0.3) is 5.91 Å². The molecule has 1 fully saturated rings. The third-order valence-electron chi connectivity index (χ3n) is 6.44. The van der Waals surface area contributed by atoms with E-state index in [1.807, 2.05) is 59.2 Å². The number of carbonyl (C=O) groups excluding carboxylic acids is 1. The highest BCUT2D eigenvalue weighted by Gasteiger charge is 2.21. The van der Waals surface area contributed by atoms with Crippen molar-refractivity contribution in [3.63, 3.8) is 0 Å². The molecule has 1 amide bonds. The number of morpholine rings is 1. The van der Waals surface area contributed by atoms with Crippen molar-refractivity contribution in [3.05, 3.63) is 103 Å². The van der Waals surface area contributed by atoms with Gasteiger partial charge < -0.3 is 15.0 Å². The first-order chi connectivity index (χ1) is 18.3. The number of amides is 1. The number of anilines is 1. The van der Waals surface area contributed by atoms with Gasteiger partial charge in [-0.25, -0.2) is 9.50 Å². The number of pyridine rings is 1. The topological polar surface area (TPSA) is 84.7 Å². The standard InChI is InChI=1S/C29H26N6O2/c36-29(34-13-15-37-16-14-34)24-17-23(19-30-20-24)27-32-28(31-18-21-7-3-1-4-8-21)26-25(11-12-35(26)33-27)22-9-5-2-6-10-22/h1-12,17,19-20H,13-16,18H2,(H,31,32,33). The predicted octanol–water partition coefficient (Wildman–Crippen LogP) is 4.54. The van der Waals surface area contributed by atoms with Crippen LogP contribution in [0.2, 0.25) is 0 Å². The van der Waals surface area contributed by atoms with Gasteiger partial charge in [0.1, 0.15) is 5.52 Å². The van der Waals surface area contributed by atoms with E-state index in [0.717, 1.165) is 22.2 Å². The smallest absolute Gasteiger partial charge is 0.255 e. The van der Waals surface area contributed by atoms with Crippen molar-refractivity contribution in [2.45, 2.75) is 6.54 Å². The largest absolute Gasteiger partial charge is 0.378 e. The van der Waals surface area contributed by atoms with E-state index >= 15 is 0 Å². The maximum atomic E-state index is 13.1. The summed E-state index contributed by atoms with van der Waals surface area (Å²) in [5.41, 5.74) is 5.35. The van der Waals surface area contributed by atoms with Crippen LogP contribution in [0.5, 0.6) is 0 Å². The molecule has 184 valence electrons. The summed E-state index contributed by atoms with van der Waals surface area (Å²) in [6.07, 6.45) is 5.23. The monoisotopic (exact) mass is 490 g/mol. The Morgan fingerprint density at radius 2 is 1.68 bits per heavy atom. The lowest BCUT2D eigenvalue weighted by Crippen LogP contribution is -2.40. The molecular weight excluding hydrogens is 464 g/mol. The van der Waals surface area contributed by atoms with Gasteiger partial charge in [0.2, 0.25) is 0 Å². The Morgan fingerprint density at radius 1 is 0.919 bits per heavy atom. The summed E-state index contributed by atoms with van der Waals surface area (Å²) in [5, 5.41) is 8.32. The molecule has 1 N–H and O–H groups in total. The molecule has 0 radical (unpaired) electrons. The number of rotatable bonds is 6. The second-order valence-electron chi connectivity index (χ2n) is 8.88. The molecule has 8 heteroatoms. The van der Waals surface area contributed by atoms with Gasteiger partial charge in [-0.1, -0.05) is 60.7 Å². The minimum absolute atomic E-state index is 0.0616. The molecule has 0 atom stereocenters. The first-order valence-corrected chi connectivity index (χ1v) is 12.3. The molecule has 37 heavy (non-hydrogen) atoms. The molecule has 0 spiro atoms. The molecule has 1 aliphatic rings. The van der Waals surface area contributed by atoms with E-state index < -0.39 is 0 Å². The molecule has 1 aliphatic heterocycles. The Morgan fingerprint density at radius 3 is 2.46 bits per heavy atom. The number of hydrogen-bond donors (Lipinski definition) is 1. The average molecular weight is 491 g/mol. The van der Waals surface area contributed by atoms with Gasteiger partial charge in [0.05, 0.1) is 18.8 Å². The minimum atomic E-state index is -0.0616. The summed E-state index contributed by atoms with van der Waals surface area (Å²) in [6, 6.07) is 24.3. The highest BCUT2D eigenvalue weighted by Crippen LogP contribution is 2.31. The maximum Gasteiger partial charge on any atom is 0.255 e. The van der Waals surface area contributed by atoms with Gasteiger partial charge in [-0.3, -0.25) is 9.78 Å². The second kappa shape index (κ2) is 10.2. The molecule has 0 saturated carbocycles. The van der Waals surface area contributed by atoms with Crippen LogP contribution in [0.1, 0.15) is 15.9 Å². The second-order valence-corrected chi connectivity index (χ2v) is 8.88. The summed E-state index contributed by atoms with van der Waals surface area (Å²) in [6.45, 7) is 2.86. The SMILES string of the molecule is O=C(c1cncc(-c2nc(NCc3ccccc3)c3c(-c4ccccc4)ccn3n2)c1)N1CCOCC1. The number of nitrogens with zero attached hydrogens (tertiary/aromatic N) is 5. The summed E-state index contributed by atoms with van der Waals surface area (Å²) >= 11 is 0. The normalized spacial score (nSPS) is 13.6. The van der Waals surface area contributed by atoms with Crippen LogP contribution in [0.15, 0.2) is 91.4 Å². The number of hydrogen-bond acceptors (Lipinski definition) is 6. The number of fused-ring (bicyclic) bond motifs is 1. The lowest BCUT2D eigenvalue weighted by Gasteiger charge is -2.26. The van der Waals surface area contributed by atoms with Gasteiger partial charge >= 0.3 is 0 Å². The minimum Gasteiger partial charge on any atom is -0.378 e. The van der Waals surface area contributed by atoms with E-state index in [2.05, 4.69) is 34.6 Å². The van der Waals surface area contributed by atoms with Crippen molar-refractivity contribution >= 4 is 17.2 Å². The zero-order valence-corrected chi connectivity index (χ0v) is 20.2. The van der Waals surface area contributed by atoms with Gasteiger partial charge in [0, 0.05) is 49.4 Å². The number of benzene rings is 2. The zero-order valence-electron chi connectivity index (χ0n) is 20.2. The van der Waals surface area contributed by atoms with Crippen molar-refractivity contribution in [1.82, 2.24) is 24.5 Å². The van der Waals surface area contributed by atoms with Crippen LogP contribution in [0.4, 0.5) is 5.82 Å². The molecule has 3 aromatic heterocycles. The molecule has 2 aromatic carbocycles. The molecule has 0 bridgehead atoms. The number of ether oxygens (including phenoxy) is 1. The van der Waals surface area contributed by atoms with Crippen molar-refractivity contribution in [2.75, 3.05) is 31.6 Å². The van der Waals surface area contributed by atoms with E-state index in [1.165, 1.54) is 0 Å². The fourth-order valence-electron chi connectivity index (χ4n) is 4.53. The molecule has 1 saturated heterocycles. The van der Waals surface area contributed by atoms with E-state index in [1.54, 1.807) is 17.3 Å². The van der Waals surface area contributed by atoms with Crippen LogP contribution in [0, 0.1) is 0 Å². The van der Waals surface area contributed by atoms with E-state index in [9.17, 15) is 4.79 Å². The fraction of sp³-hybridized carbons (Fsp3) is 0.172. The Labute approximate surface area is 214 Å². The van der Waals surface area contributed by atoms with Crippen molar-refractivity contribution < 1.29 is 9.53 Å². The Balaban J connectivity index is 1.40. The van der Waals surface area contributed by atoms with E-state index in [4.69, 9.17) is 14.8 Å². The third-order valence-corrected chi connectivity index (χ3v) is 6.44. The van der Waals surface area contributed by atoms with Crippen molar-refractivity contribution in [2.24, 2.45) is 0 Å². The molecule has 0 aliphatic carbocycles. The lowest BCUT2D eigenvalue weighted by molar-refractivity contribution is 0.0302. The highest BCUT2D eigenvalue weighted by molar-refractivity contribution is 5.95. The first kappa shape index (κ1) is 22.9. The molecular formula is C29H26N6O2. The van der Waals surface area contributed by atoms with Crippen molar-refractivity contribution in [3.8, 4) is 22.5 Å². The number of nitrogens with one attached hydrogen (secondary N) is 1. The lowest BCUT2D eigenvalue weighted by atomic mass is 10.1. The molecule has 8 nitrogen and oxygen atoms in total. The van der Waals surface area contributed by atoms with Crippen LogP contribution in [0.25, 0.3) is 28.0 Å². The third kappa shape index (κ3) is 4.79. The molecule has 6 rings (SSSR count). The first-order valence-electron chi connectivity index (χ1n) is 12.3. The van der Waals surface area contributed by atoms with Crippen molar-refractivity contribution in [1.29, 1.82) is 0 Å². The van der Waals surface area contributed by atoms with Gasteiger partial charge in [0.15, 0.2) is 11.6 Å².